The molecule has 49 heavy (non-hydrogen) atoms. The molecule has 3 aliphatic rings. The van der Waals surface area contributed by atoms with Gasteiger partial charge in [-0.3, -0.25) is 14.6 Å². The average molecular weight is 671 g/mol. The molecule has 262 valence electrons. The highest BCUT2D eigenvalue weighted by Crippen LogP contribution is 2.49. The van der Waals surface area contributed by atoms with Crippen molar-refractivity contribution in [3.8, 4) is 22.9 Å². The van der Waals surface area contributed by atoms with Crippen molar-refractivity contribution in [2.75, 3.05) is 27.3 Å². The normalized spacial score (nSPS) is 26.1. The first-order chi connectivity index (χ1) is 23.6. The van der Waals surface area contributed by atoms with Crippen LogP contribution in [0.3, 0.4) is 0 Å². The summed E-state index contributed by atoms with van der Waals surface area (Å²) < 4.78 is 17.9. The van der Waals surface area contributed by atoms with Gasteiger partial charge in [-0.25, -0.2) is 9.78 Å². The molecule has 1 N–H and O–H groups in total. The third-order valence-corrected chi connectivity index (χ3v) is 10.7. The highest BCUT2D eigenvalue weighted by atomic mass is 16.5. The second kappa shape index (κ2) is 14.3. The summed E-state index contributed by atoms with van der Waals surface area (Å²) in [5.74, 6) is -0.295. The van der Waals surface area contributed by atoms with Gasteiger partial charge >= 0.3 is 5.97 Å². The van der Waals surface area contributed by atoms with Gasteiger partial charge in [0.05, 0.1) is 42.5 Å². The molecule has 5 atom stereocenters. The van der Waals surface area contributed by atoms with Crippen LogP contribution >= 0.6 is 0 Å². The number of aryl methyl sites for hydroxylation is 1. The van der Waals surface area contributed by atoms with Crippen molar-refractivity contribution in [2.45, 2.75) is 96.6 Å². The molecule has 3 fully saturated rings. The molecule has 2 saturated carbocycles. The van der Waals surface area contributed by atoms with Crippen LogP contribution in [-0.4, -0.2) is 71.6 Å². The number of methoxy groups -OCH3 is 1. The van der Waals surface area contributed by atoms with Crippen LogP contribution in [-0.2, 0) is 19.1 Å². The van der Waals surface area contributed by atoms with E-state index >= 15 is 0 Å². The van der Waals surface area contributed by atoms with Gasteiger partial charge in [0.1, 0.15) is 23.1 Å². The third-order valence-electron chi connectivity index (χ3n) is 10.7. The largest absolute Gasteiger partial charge is 0.496 e. The quantitative estimate of drug-likeness (QED) is 0.288. The minimum atomic E-state index is -1.01. The van der Waals surface area contributed by atoms with Crippen LogP contribution in [0.5, 0.6) is 11.5 Å². The minimum Gasteiger partial charge on any atom is -0.496 e. The Morgan fingerprint density at radius 2 is 1.80 bits per heavy atom. The number of benzene rings is 1. The van der Waals surface area contributed by atoms with Crippen LogP contribution in [0, 0.1) is 24.7 Å². The van der Waals surface area contributed by atoms with Crippen LogP contribution in [0.15, 0.2) is 36.4 Å². The van der Waals surface area contributed by atoms with Crippen LogP contribution in [0.1, 0.15) is 89.3 Å². The molecule has 1 aromatic carbocycles. The first-order valence-electron chi connectivity index (χ1n) is 17.9. The Labute approximate surface area is 289 Å². The summed E-state index contributed by atoms with van der Waals surface area (Å²) in [5, 5.41) is 3.94. The summed E-state index contributed by atoms with van der Waals surface area (Å²) in [6, 6.07) is 11.7. The molecule has 10 nitrogen and oxygen atoms in total. The maximum Gasteiger partial charge on any atom is 0.332 e. The predicted octanol–water partition coefficient (Wildman–Crippen LogP) is 6.37. The lowest BCUT2D eigenvalue weighted by atomic mass is 9.92. The van der Waals surface area contributed by atoms with E-state index in [-0.39, 0.29) is 36.2 Å². The first kappa shape index (κ1) is 34.6. The van der Waals surface area contributed by atoms with Crippen molar-refractivity contribution in [2.24, 2.45) is 17.8 Å². The van der Waals surface area contributed by atoms with Gasteiger partial charge in [0.25, 0.3) is 0 Å². The molecule has 3 aromatic rings. The van der Waals surface area contributed by atoms with E-state index in [9.17, 15) is 14.4 Å². The van der Waals surface area contributed by atoms with E-state index in [1.165, 1.54) is 0 Å². The average Bonchev–Trinajstić information content (AvgIpc) is 3.62. The Hall–Kier alpha value is -4.21. The Balaban J connectivity index is 1.35. The summed E-state index contributed by atoms with van der Waals surface area (Å²) in [7, 11) is 3.47. The van der Waals surface area contributed by atoms with E-state index in [0.717, 1.165) is 65.7 Å². The fourth-order valence-electron chi connectivity index (χ4n) is 7.77. The number of rotatable bonds is 7. The van der Waals surface area contributed by atoms with Gasteiger partial charge in [0.2, 0.25) is 11.8 Å². The van der Waals surface area contributed by atoms with Gasteiger partial charge in [-0.1, -0.05) is 39.2 Å². The number of carbonyl (C=O) groups excluding carboxylic acids is 3. The van der Waals surface area contributed by atoms with Gasteiger partial charge in [-0.15, -0.1) is 0 Å². The first-order valence-corrected chi connectivity index (χ1v) is 17.9. The summed E-state index contributed by atoms with van der Waals surface area (Å²) in [6.45, 7) is 8.87. The maximum absolute atomic E-state index is 14.1. The van der Waals surface area contributed by atoms with Crippen LogP contribution in [0.25, 0.3) is 22.3 Å². The number of esters is 1. The van der Waals surface area contributed by atoms with E-state index < -0.39 is 23.5 Å². The number of nitrogens with one attached hydrogen (secondary N) is 1. The fourth-order valence-corrected chi connectivity index (χ4v) is 7.77. The van der Waals surface area contributed by atoms with Crippen LogP contribution in [0.2, 0.25) is 0 Å². The molecule has 0 radical (unpaired) electrons. The number of ether oxygens (including phenoxy) is 3. The number of hydrogen-bond donors (Lipinski definition) is 1. The topological polar surface area (TPSA) is 120 Å². The van der Waals surface area contributed by atoms with Crippen molar-refractivity contribution in [3.05, 3.63) is 47.7 Å². The smallest absolute Gasteiger partial charge is 0.332 e. The van der Waals surface area contributed by atoms with Gasteiger partial charge in [0.15, 0.2) is 0 Å². The molecule has 6 rings (SSSR count). The van der Waals surface area contributed by atoms with Gasteiger partial charge < -0.3 is 24.4 Å². The summed E-state index contributed by atoms with van der Waals surface area (Å²) in [5.41, 5.74) is 2.98. The lowest BCUT2D eigenvalue weighted by Crippen LogP contribution is -2.50. The molecule has 10 heteroatoms. The maximum atomic E-state index is 14.1. The molecule has 0 unspecified atom stereocenters. The Bertz CT molecular complexity index is 1730. The SMILES string of the molecule is CCOC(=O)[C@@]12C[C@H]1CCCCCCN(C)C(=O)[C@@H]1C[C@H](Oc3cc(-c4cccc(C(C)C)n4)nc4c(C)c(OC)ccc34)C[C@H]1C(=O)N2. The van der Waals surface area contributed by atoms with Crippen molar-refractivity contribution >= 4 is 28.7 Å². The predicted molar refractivity (Wildman–Crippen MR) is 187 cm³/mol. The van der Waals surface area contributed by atoms with Crippen molar-refractivity contribution < 1.29 is 28.6 Å². The number of aromatic nitrogens is 2. The van der Waals surface area contributed by atoms with Gasteiger partial charge in [0, 0.05) is 36.3 Å². The molecule has 0 bridgehead atoms. The zero-order chi connectivity index (χ0) is 34.9. The Kier molecular flexibility index (Phi) is 10.1. The van der Waals surface area contributed by atoms with E-state index in [1.807, 2.05) is 50.4 Å². The summed E-state index contributed by atoms with van der Waals surface area (Å²) >= 11 is 0. The van der Waals surface area contributed by atoms with Gasteiger partial charge in [-0.2, -0.15) is 0 Å². The standard InChI is InChI=1S/C39H50N4O6/c1-7-48-38(46)39-22-25(39)13-10-8-9-11-18-43(5)37(45)29-20-26(19-28(29)36(44)42-39)49-34-21-32(31-15-12-14-30(40-31)23(2)3)41-35-24(4)33(47-6)17-16-27(34)35/h12,14-17,21,23,25-26,28-29H,7-11,13,18-20,22H2,1-6H3,(H,42,44)/t25-,26-,28-,29-,39-/m1/s1. The number of fused-ring (bicyclic) bond motifs is 3. The molecule has 2 aliphatic carbocycles. The Morgan fingerprint density at radius 3 is 2.55 bits per heavy atom. The molecular weight excluding hydrogens is 620 g/mol. The molecule has 2 aromatic heterocycles. The van der Waals surface area contributed by atoms with Crippen LogP contribution in [0.4, 0.5) is 0 Å². The highest BCUT2D eigenvalue weighted by molar-refractivity contribution is 5.95. The van der Waals surface area contributed by atoms with Crippen LogP contribution < -0.4 is 14.8 Å². The summed E-state index contributed by atoms with van der Waals surface area (Å²) in [4.78, 5) is 53.0. The highest BCUT2D eigenvalue weighted by Gasteiger charge is 2.62. The lowest BCUT2D eigenvalue weighted by Gasteiger charge is -2.26. The number of hydrogen-bond acceptors (Lipinski definition) is 8. The molecule has 2 amide bonds. The Morgan fingerprint density at radius 1 is 1.02 bits per heavy atom. The molecular formula is C39H50N4O6. The van der Waals surface area contributed by atoms with E-state index in [0.29, 0.717) is 37.3 Å². The molecule has 1 saturated heterocycles. The second-order valence-electron chi connectivity index (χ2n) is 14.4. The van der Waals surface area contributed by atoms with Crippen molar-refractivity contribution in [1.82, 2.24) is 20.2 Å². The van der Waals surface area contributed by atoms with Crippen molar-refractivity contribution in [3.63, 3.8) is 0 Å². The zero-order valence-electron chi connectivity index (χ0n) is 29.7. The van der Waals surface area contributed by atoms with Crippen molar-refractivity contribution in [1.29, 1.82) is 0 Å². The summed E-state index contributed by atoms with van der Waals surface area (Å²) in [6.07, 6.45) is 5.66. The molecule has 1 aliphatic heterocycles. The second-order valence-corrected chi connectivity index (χ2v) is 14.4. The third kappa shape index (κ3) is 6.96. The number of pyridine rings is 2. The number of amides is 2. The van der Waals surface area contributed by atoms with Gasteiger partial charge in [-0.05, 0) is 82.1 Å². The molecule has 0 spiro atoms. The van der Waals surface area contributed by atoms with E-state index in [4.69, 9.17) is 24.2 Å². The molecule has 3 heterocycles. The van der Waals surface area contributed by atoms with E-state index in [1.54, 1.807) is 18.9 Å². The monoisotopic (exact) mass is 670 g/mol. The fraction of sp³-hybridized carbons (Fsp3) is 0.564. The van der Waals surface area contributed by atoms with E-state index in [2.05, 4.69) is 19.2 Å². The number of carbonyl (C=O) groups is 3. The lowest BCUT2D eigenvalue weighted by molar-refractivity contribution is -0.150. The number of nitrogens with zero attached hydrogens (tertiary/aromatic N) is 3. The minimum absolute atomic E-state index is 0.0494. The zero-order valence-corrected chi connectivity index (χ0v) is 29.7.